The van der Waals surface area contributed by atoms with Crippen molar-refractivity contribution in [1.29, 1.82) is 0 Å². The van der Waals surface area contributed by atoms with Crippen molar-refractivity contribution in [2.75, 3.05) is 13.2 Å². The zero-order valence-electron chi connectivity index (χ0n) is 16.6. The van der Waals surface area contributed by atoms with E-state index in [9.17, 15) is 9.59 Å². The molecule has 0 aromatic carbocycles. The highest BCUT2D eigenvalue weighted by Crippen LogP contribution is 2.32. The molecular weight excluding hydrogens is 483 g/mol. The summed E-state index contributed by atoms with van der Waals surface area (Å²) in [7, 11) is 0. The Morgan fingerprint density at radius 3 is 2.03 bits per heavy atom. The summed E-state index contributed by atoms with van der Waals surface area (Å²) in [4.78, 5) is 30.8. The van der Waals surface area contributed by atoms with Gasteiger partial charge in [0, 0.05) is 12.4 Å². The Morgan fingerprint density at radius 1 is 1.03 bits per heavy atom. The van der Waals surface area contributed by atoms with Gasteiger partial charge in [-0.3, -0.25) is 9.59 Å². The minimum absolute atomic E-state index is 0.239. The van der Waals surface area contributed by atoms with Gasteiger partial charge in [0.25, 0.3) is 0 Å². The fourth-order valence-corrected chi connectivity index (χ4v) is 2.66. The summed E-state index contributed by atoms with van der Waals surface area (Å²) in [6, 6.07) is 6.81. The maximum absolute atomic E-state index is 11.6. The molecule has 0 amide bonds. The second-order valence-electron chi connectivity index (χ2n) is 5.98. The molecule has 2 rings (SSSR count). The normalized spacial score (nSPS) is 13.3. The van der Waals surface area contributed by atoms with E-state index in [1.54, 1.807) is 64.4 Å². The number of rotatable bonds is 6. The van der Waals surface area contributed by atoms with Crippen molar-refractivity contribution in [2.24, 2.45) is 0 Å². The summed E-state index contributed by atoms with van der Waals surface area (Å²) >= 11 is 14.6. The first-order valence-electron chi connectivity index (χ1n) is 8.89. The van der Waals surface area contributed by atoms with Gasteiger partial charge in [0.2, 0.25) is 0 Å². The molecule has 0 saturated carbocycles. The van der Waals surface area contributed by atoms with Gasteiger partial charge in [-0.05, 0) is 51.0 Å². The molecule has 0 saturated heterocycles. The third kappa shape index (κ3) is 7.91. The predicted octanol–water partition coefficient (Wildman–Crippen LogP) is 5.31. The summed E-state index contributed by atoms with van der Waals surface area (Å²) in [6.07, 6.45) is 3.14. The molecule has 2 heterocycles. The van der Waals surface area contributed by atoms with E-state index in [1.165, 1.54) is 0 Å². The molecule has 0 radical (unpaired) electrons. The van der Waals surface area contributed by atoms with Gasteiger partial charge in [-0.15, -0.1) is 0 Å². The zero-order chi connectivity index (χ0) is 22.0. The Kier molecular flexibility index (Phi) is 10.6. The van der Waals surface area contributed by atoms with Crippen LogP contribution in [0.15, 0.2) is 36.7 Å². The molecule has 0 N–H and O–H groups in total. The number of ether oxygens (including phenoxy) is 2. The molecule has 0 aliphatic rings. The van der Waals surface area contributed by atoms with E-state index >= 15 is 0 Å². The van der Waals surface area contributed by atoms with Gasteiger partial charge in [0.15, 0.2) is 0 Å². The van der Waals surface area contributed by atoms with Crippen molar-refractivity contribution in [1.82, 2.24) is 9.97 Å². The van der Waals surface area contributed by atoms with Gasteiger partial charge >= 0.3 is 11.9 Å². The number of nitrogens with zero attached hydrogens (tertiary/aromatic N) is 2. The number of alkyl halides is 1. The SMILES string of the molecule is CCOC(=O)C(C)(Br)c1ccc(Cl)nc1.CCOC(=O)C(C)c1ccc(Cl)nc1. The van der Waals surface area contributed by atoms with Crippen molar-refractivity contribution >= 4 is 51.1 Å². The minimum Gasteiger partial charge on any atom is -0.466 e. The molecule has 0 aliphatic heterocycles. The van der Waals surface area contributed by atoms with Crippen molar-refractivity contribution in [3.05, 3.63) is 58.1 Å². The first-order valence-corrected chi connectivity index (χ1v) is 10.4. The molecule has 158 valence electrons. The second-order valence-corrected chi connectivity index (χ2v) is 8.34. The molecule has 2 aromatic heterocycles. The van der Waals surface area contributed by atoms with Crippen LogP contribution in [0.3, 0.4) is 0 Å². The van der Waals surface area contributed by atoms with Crippen LogP contribution in [0.5, 0.6) is 0 Å². The molecule has 0 bridgehead atoms. The van der Waals surface area contributed by atoms with Crippen LogP contribution in [0.25, 0.3) is 0 Å². The number of hydrogen-bond acceptors (Lipinski definition) is 6. The first kappa shape index (κ1) is 25.3. The van der Waals surface area contributed by atoms with Crippen LogP contribution in [-0.2, 0) is 23.4 Å². The van der Waals surface area contributed by atoms with Crippen molar-refractivity contribution in [3.63, 3.8) is 0 Å². The third-order valence-corrected chi connectivity index (χ3v) is 5.05. The lowest BCUT2D eigenvalue weighted by atomic mass is 10.0. The van der Waals surface area contributed by atoms with Crippen LogP contribution in [0, 0.1) is 0 Å². The first-order chi connectivity index (χ1) is 13.6. The maximum atomic E-state index is 11.6. The van der Waals surface area contributed by atoms with E-state index in [-0.39, 0.29) is 17.9 Å². The standard InChI is InChI=1S/C10H11BrClNO2.C10H12ClNO2/c1-3-15-9(14)10(2,11)7-4-5-8(12)13-6-7;1-3-14-10(13)7(2)8-4-5-9(11)12-6-8/h4-6H,3H2,1-2H3;4-7H,3H2,1-2H3. The third-order valence-electron chi connectivity index (χ3n) is 3.82. The number of aromatic nitrogens is 2. The number of esters is 2. The number of pyridine rings is 2. The van der Waals surface area contributed by atoms with E-state index in [0.717, 1.165) is 5.56 Å². The van der Waals surface area contributed by atoms with Crippen LogP contribution in [0.2, 0.25) is 10.3 Å². The Balaban J connectivity index is 0.000000291. The summed E-state index contributed by atoms with van der Waals surface area (Å²) in [5, 5.41) is 0.815. The minimum atomic E-state index is -0.874. The number of halogens is 3. The van der Waals surface area contributed by atoms with Gasteiger partial charge < -0.3 is 9.47 Å². The van der Waals surface area contributed by atoms with Gasteiger partial charge in [-0.25, -0.2) is 9.97 Å². The number of carbonyl (C=O) groups excluding carboxylic acids is 2. The smallest absolute Gasteiger partial charge is 0.327 e. The van der Waals surface area contributed by atoms with E-state index in [1.807, 2.05) is 0 Å². The Morgan fingerprint density at radius 2 is 1.59 bits per heavy atom. The second kappa shape index (κ2) is 12.1. The van der Waals surface area contributed by atoms with E-state index in [0.29, 0.717) is 29.1 Å². The maximum Gasteiger partial charge on any atom is 0.327 e. The zero-order valence-corrected chi connectivity index (χ0v) is 19.7. The van der Waals surface area contributed by atoms with Crippen LogP contribution in [-0.4, -0.2) is 35.1 Å². The summed E-state index contributed by atoms with van der Waals surface area (Å²) in [5.74, 6) is -0.870. The van der Waals surface area contributed by atoms with Crippen molar-refractivity contribution in [3.8, 4) is 0 Å². The van der Waals surface area contributed by atoms with Gasteiger partial charge in [-0.1, -0.05) is 51.3 Å². The Bertz CT molecular complexity index is 799. The largest absolute Gasteiger partial charge is 0.466 e. The van der Waals surface area contributed by atoms with Gasteiger partial charge in [-0.2, -0.15) is 0 Å². The lowest BCUT2D eigenvalue weighted by Gasteiger charge is -2.20. The summed E-state index contributed by atoms with van der Waals surface area (Å²) in [5.41, 5.74) is 1.53. The lowest BCUT2D eigenvalue weighted by molar-refractivity contribution is -0.146. The van der Waals surface area contributed by atoms with Crippen molar-refractivity contribution < 1.29 is 19.1 Å². The van der Waals surface area contributed by atoms with E-state index in [4.69, 9.17) is 32.7 Å². The van der Waals surface area contributed by atoms with Gasteiger partial charge in [0.1, 0.15) is 14.6 Å². The molecule has 0 aliphatic carbocycles. The average Bonchev–Trinajstić information content (AvgIpc) is 2.69. The molecule has 9 heteroatoms. The molecule has 6 nitrogen and oxygen atoms in total. The van der Waals surface area contributed by atoms with E-state index < -0.39 is 4.32 Å². The Labute approximate surface area is 189 Å². The topological polar surface area (TPSA) is 78.4 Å². The average molecular weight is 506 g/mol. The van der Waals surface area contributed by atoms with Crippen molar-refractivity contribution in [2.45, 2.75) is 37.9 Å². The fourth-order valence-electron chi connectivity index (χ4n) is 2.08. The molecule has 2 atom stereocenters. The molecule has 0 fully saturated rings. The van der Waals surface area contributed by atoms with Gasteiger partial charge in [0.05, 0.1) is 19.1 Å². The number of hydrogen-bond donors (Lipinski definition) is 0. The monoisotopic (exact) mass is 504 g/mol. The Hall–Kier alpha value is -1.70. The predicted molar refractivity (Wildman–Crippen MR) is 116 cm³/mol. The lowest BCUT2D eigenvalue weighted by Crippen LogP contribution is -2.28. The highest BCUT2D eigenvalue weighted by molar-refractivity contribution is 9.10. The fraction of sp³-hybridized carbons (Fsp3) is 0.400. The molecule has 2 unspecified atom stereocenters. The number of carbonyl (C=O) groups is 2. The molecule has 29 heavy (non-hydrogen) atoms. The van der Waals surface area contributed by atoms with Crippen LogP contribution in [0.1, 0.15) is 44.7 Å². The van der Waals surface area contributed by atoms with Crippen LogP contribution in [0.4, 0.5) is 0 Å². The van der Waals surface area contributed by atoms with Crippen LogP contribution < -0.4 is 0 Å². The highest BCUT2D eigenvalue weighted by atomic mass is 79.9. The highest BCUT2D eigenvalue weighted by Gasteiger charge is 2.33. The quantitative estimate of drug-likeness (QED) is 0.300. The molecule has 2 aromatic rings. The van der Waals surface area contributed by atoms with Crippen LogP contribution >= 0.6 is 39.1 Å². The summed E-state index contributed by atoms with van der Waals surface area (Å²) in [6.45, 7) is 7.79. The molecular formula is C20H23BrCl2N2O4. The summed E-state index contributed by atoms with van der Waals surface area (Å²) < 4.78 is 8.96. The van der Waals surface area contributed by atoms with E-state index in [2.05, 4.69) is 25.9 Å². The molecule has 0 spiro atoms.